The van der Waals surface area contributed by atoms with Crippen LogP contribution in [0.25, 0.3) is 17.1 Å². The van der Waals surface area contributed by atoms with Gasteiger partial charge in [0.05, 0.1) is 26.3 Å². The van der Waals surface area contributed by atoms with Crippen LogP contribution in [0.3, 0.4) is 0 Å². The van der Waals surface area contributed by atoms with Gasteiger partial charge in [0.25, 0.3) is 0 Å². The van der Waals surface area contributed by atoms with E-state index in [1.807, 2.05) is 0 Å². The first-order valence-electron chi connectivity index (χ1n) is 12.2. The van der Waals surface area contributed by atoms with Crippen LogP contribution < -0.4 is 0 Å². The number of hydrogen-bond acceptors (Lipinski definition) is 6. The number of aliphatic carboxylic acids is 1. The monoisotopic (exact) mass is 584 g/mol. The fourth-order valence-electron chi connectivity index (χ4n) is 5.34. The number of halogens is 2. The van der Waals surface area contributed by atoms with E-state index in [2.05, 4.69) is 9.97 Å². The Bertz CT molecular complexity index is 1680. The third-order valence-corrected chi connectivity index (χ3v) is 10.5. The van der Waals surface area contributed by atoms with Gasteiger partial charge in [-0.05, 0) is 61.2 Å². The van der Waals surface area contributed by atoms with Gasteiger partial charge in [-0.3, -0.25) is 4.79 Å². The summed E-state index contributed by atoms with van der Waals surface area (Å²) in [5.41, 5.74) is 1.91. The Labute approximate surface area is 234 Å². The molecule has 3 heterocycles. The number of pyridine rings is 1. The average Bonchev–Trinajstić information content (AvgIpc) is 3.36. The lowest BCUT2D eigenvalue weighted by atomic mass is 9.94. The van der Waals surface area contributed by atoms with Gasteiger partial charge in [0, 0.05) is 29.6 Å². The van der Waals surface area contributed by atoms with Crippen molar-refractivity contribution in [2.24, 2.45) is 0 Å². The molecular formula is C27H22Cl2N4O5S. The molecule has 200 valence electrons. The molecule has 0 aromatic heterocycles. The van der Waals surface area contributed by atoms with Crippen LogP contribution in [0.2, 0.25) is 10.0 Å². The lowest BCUT2D eigenvalue weighted by molar-refractivity contribution is -0.149. The molecule has 0 unspecified atom stereocenters. The second-order valence-electron chi connectivity index (χ2n) is 9.91. The van der Waals surface area contributed by atoms with E-state index in [0.29, 0.717) is 29.2 Å². The lowest BCUT2D eigenvalue weighted by Crippen LogP contribution is -2.46. The SMILES string of the molecule is O=C(O)[C@@H]1C[C@@H](S(=O)(=O)c2ccc(-n3ccc4ncnc-4c3)cc2Cl)CN1C(=O)C1(c2ccc(Cl)cc2)CC1. The Kier molecular flexibility index (Phi) is 6.16. The van der Waals surface area contributed by atoms with Gasteiger partial charge in [-0.15, -0.1) is 0 Å². The fraction of sp³-hybridized carbons (Fsp3) is 0.259. The molecule has 1 saturated heterocycles. The minimum absolute atomic E-state index is 0.00478. The molecule has 1 aliphatic carbocycles. The van der Waals surface area contributed by atoms with E-state index in [-0.39, 0.29) is 28.8 Å². The highest BCUT2D eigenvalue weighted by atomic mass is 35.5. The first-order chi connectivity index (χ1) is 18.6. The van der Waals surface area contributed by atoms with Crippen molar-refractivity contribution < 1.29 is 23.1 Å². The summed E-state index contributed by atoms with van der Waals surface area (Å²) in [6.07, 6.45) is 5.87. The van der Waals surface area contributed by atoms with Crippen LogP contribution in [-0.2, 0) is 24.8 Å². The normalized spacial score (nSPS) is 20.3. The molecule has 0 bridgehead atoms. The maximum absolute atomic E-state index is 13.7. The highest BCUT2D eigenvalue weighted by Crippen LogP contribution is 2.51. The zero-order chi connectivity index (χ0) is 27.5. The van der Waals surface area contributed by atoms with Gasteiger partial charge in [-0.2, -0.15) is 0 Å². The number of hydrogen-bond donors (Lipinski definition) is 1. The number of fused-ring (bicyclic) bond motifs is 1. The van der Waals surface area contributed by atoms with Gasteiger partial charge in [-0.25, -0.2) is 23.2 Å². The molecule has 0 radical (unpaired) electrons. The molecule has 1 N–H and O–H groups in total. The van der Waals surface area contributed by atoms with Crippen LogP contribution >= 0.6 is 23.2 Å². The Balaban J connectivity index is 1.28. The molecule has 39 heavy (non-hydrogen) atoms. The zero-order valence-corrected chi connectivity index (χ0v) is 22.7. The summed E-state index contributed by atoms with van der Waals surface area (Å²) < 4.78 is 29.1. The molecule has 1 saturated carbocycles. The number of likely N-dealkylation sites (tertiary alicyclic amines) is 1. The Morgan fingerprint density at radius 3 is 2.38 bits per heavy atom. The van der Waals surface area contributed by atoms with E-state index in [1.165, 1.54) is 23.4 Å². The summed E-state index contributed by atoms with van der Waals surface area (Å²) in [5.74, 6) is -1.62. The number of amides is 1. The molecule has 0 spiro atoms. The number of carboxylic acid groups (broad SMARTS) is 1. The predicted octanol–water partition coefficient (Wildman–Crippen LogP) is 4.24. The standard InChI is InChI=1S/C27H22Cl2N4O5S/c28-17-3-1-16(2-4-17)27(8-9-27)26(36)33-13-19(12-23(33)25(34)35)39(37,38)24-6-5-18(11-20(24)29)32-10-7-21-22(14-32)31-15-30-21/h1-7,10-11,14-15,19,23H,8-9,12-13H2,(H,34,35)/t19-,23+/m1/s1. The highest BCUT2D eigenvalue weighted by Gasteiger charge is 2.57. The number of carboxylic acids is 1. The fourth-order valence-corrected chi connectivity index (χ4v) is 7.70. The third-order valence-electron chi connectivity index (χ3n) is 7.63. The van der Waals surface area contributed by atoms with Crippen molar-refractivity contribution in [2.45, 2.75) is 40.9 Å². The molecule has 2 atom stereocenters. The van der Waals surface area contributed by atoms with Crippen LogP contribution in [0.15, 0.2) is 72.1 Å². The average molecular weight is 585 g/mol. The van der Waals surface area contributed by atoms with E-state index in [1.54, 1.807) is 53.4 Å². The van der Waals surface area contributed by atoms with Gasteiger partial charge in [0.1, 0.15) is 18.1 Å². The maximum Gasteiger partial charge on any atom is 0.326 e. The molecule has 3 aliphatic heterocycles. The molecule has 9 nitrogen and oxygen atoms in total. The molecule has 1 amide bonds. The van der Waals surface area contributed by atoms with E-state index >= 15 is 0 Å². The molecule has 4 aliphatic rings. The number of rotatable bonds is 6. The second kappa shape index (κ2) is 9.32. The minimum atomic E-state index is -4.06. The largest absolute Gasteiger partial charge is 0.480 e. The molecule has 12 heteroatoms. The minimum Gasteiger partial charge on any atom is -0.480 e. The van der Waals surface area contributed by atoms with Crippen molar-refractivity contribution >= 4 is 44.9 Å². The van der Waals surface area contributed by atoms with E-state index in [4.69, 9.17) is 23.2 Å². The lowest BCUT2D eigenvalue weighted by Gasteiger charge is -2.27. The van der Waals surface area contributed by atoms with Crippen molar-refractivity contribution in [3.05, 3.63) is 82.9 Å². The van der Waals surface area contributed by atoms with Crippen molar-refractivity contribution in [1.82, 2.24) is 19.4 Å². The summed E-state index contributed by atoms with van der Waals surface area (Å²) in [7, 11) is -4.06. The summed E-state index contributed by atoms with van der Waals surface area (Å²) in [5, 5.41) is 9.33. The number of carbonyl (C=O) groups excluding carboxylic acids is 1. The molecule has 2 fully saturated rings. The van der Waals surface area contributed by atoms with Crippen LogP contribution in [0, 0.1) is 0 Å². The Morgan fingerprint density at radius 2 is 1.72 bits per heavy atom. The molecular weight excluding hydrogens is 563 g/mol. The van der Waals surface area contributed by atoms with E-state index in [9.17, 15) is 23.1 Å². The molecule has 2 aromatic rings. The number of aromatic nitrogens is 3. The van der Waals surface area contributed by atoms with Gasteiger partial charge >= 0.3 is 5.97 Å². The number of nitrogens with zero attached hydrogens (tertiary/aromatic N) is 4. The Morgan fingerprint density at radius 1 is 1.00 bits per heavy atom. The third kappa shape index (κ3) is 4.36. The first kappa shape index (κ1) is 25.8. The summed E-state index contributed by atoms with van der Waals surface area (Å²) in [6.45, 7) is -0.230. The maximum atomic E-state index is 13.7. The van der Waals surface area contributed by atoms with E-state index < -0.39 is 32.5 Å². The van der Waals surface area contributed by atoms with Gasteiger partial charge < -0.3 is 14.6 Å². The number of carbonyl (C=O) groups is 2. The predicted molar refractivity (Wildman–Crippen MR) is 144 cm³/mol. The topological polar surface area (TPSA) is 122 Å². The molecule has 2 aromatic carbocycles. The van der Waals surface area contributed by atoms with Crippen molar-refractivity contribution in [3.8, 4) is 17.1 Å². The van der Waals surface area contributed by atoms with Crippen molar-refractivity contribution in [1.29, 1.82) is 0 Å². The van der Waals surface area contributed by atoms with Crippen LogP contribution in [0.5, 0.6) is 0 Å². The summed E-state index contributed by atoms with van der Waals surface area (Å²) in [4.78, 5) is 35.2. The van der Waals surface area contributed by atoms with E-state index in [0.717, 1.165) is 11.3 Å². The van der Waals surface area contributed by atoms with Gasteiger partial charge in [0.2, 0.25) is 5.91 Å². The summed E-state index contributed by atoms with van der Waals surface area (Å²) in [6, 6.07) is 12.0. The van der Waals surface area contributed by atoms with Crippen LogP contribution in [-0.4, -0.2) is 62.7 Å². The van der Waals surface area contributed by atoms with Gasteiger partial charge in [0.15, 0.2) is 9.84 Å². The molecule has 6 rings (SSSR count). The first-order valence-corrected chi connectivity index (χ1v) is 14.5. The van der Waals surface area contributed by atoms with Crippen molar-refractivity contribution in [2.75, 3.05) is 6.54 Å². The van der Waals surface area contributed by atoms with Gasteiger partial charge in [-0.1, -0.05) is 35.3 Å². The number of imidazole rings is 1. The number of sulfone groups is 1. The smallest absolute Gasteiger partial charge is 0.326 e. The summed E-state index contributed by atoms with van der Waals surface area (Å²) >= 11 is 12.5. The Hall–Kier alpha value is -3.47. The van der Waals surface area contributed by atoms with Crippen molar-refractivity contribution in [3.63, 3.8) is 0 Å². The zero-order valence-electron chi connectivity index (χ0n) is 20.4. The number of benzene rings is 2. The van der Waals surface area contributed by atoms with Crippen LogP contribution in [0.4, 0.5) is 0 Å². The van der Waals surface area contributed by atoms with Crippen LogP contribution in [0.1, 0.15) is 24.8 Å². The second-order valence-corrected chi connectivity index (χ2v) is 13.0. The highest BCUT2D eigenvalue weighted by molar-refractivity contribution is 7.92. The quantitative estimate of drug-likeness (QED) is 0.359.